The summed E-state index contributed by atoms with van der Waals surface area (Å²) in [6.45, 7) is 5.80. The fourth-order valence-electron chi connectivity index (χ4n) is 2.19. The third-order valence-corrected chi connectivity index (χ3v) is 5.86. The lowest BCUT2D eigenvalue weighted by molar-refractivity contribution is 0.0764. The van der Waals surface area contributed by atoms with Crippen molar-refractivity contribution in [2.75, 3.05) is 18.8 Å². The molecule has 2 N–H and O–H groups in total. The average molecular weight is 328 g/mol. The summed E-state index contributed by atoms with van der Waals surface area (Å²) >= 11 is 1.87. The zero-order chi connectivity index (χ0) is 15.7. The van der Waals surface area contributed by atoms with Crippen molar-refractivity contribution in [3.05, 3.63) is 29.8 Å². The minimum absolute atomic E-state index is 0.0200. The molecule has 1 fully saturated rings. The van der Waals surface area contributed by atoms with E-state index >= 15 is 0 Å². The predicted octanol–water partition coefficient (Wildman–Crippen LogP) is 1.69. The van der Waals surface area contributed by atoms with Gasteiger partial charge in [0.25, 0.3) is 5.91 Å². The van der Waals surface area contributed by atoms with Gasteiger partial charge >= 0.3 is 0 Å². The Bertz CT molecular complexity index is 624. The second-order valence-corrected chi connectivity index (χ2v) is 9.08. The average Bonchev–Trinajstić information content (AvgIpc) is 2.58. The normalized spacial score (nSPS) is 19.1. The molecule has 0 radical (unpaired) electrons. The molecule has 116 valence electrons. The second kappa shape index (κ2) is 5.98. The highest BCUT2D eigenvalue weighted by atomic mass is 32.2. The van der Waals surface area contributed by atoms with Gasteiger partial charge in [-0.1, -0.05) is 13.8 Å². The van der Waals surface area contributed by atoms with Crippen molar-refractivity contribution in [1.29, 1.82) is 0 Å². The van der Waals surface area contributed by atoms with Crippen LogP contribution in [0.1, 0.15) is 30.6 Å². The van der Waals surface area contributed by atoms with Crippen LogP contribution in [0.4, 0.5) is 0 Å². The number of primary sulfonamides is 1. The second-order valence-electron chi connectivity index (χ2n) is 5.72. The smallest absolute Gasteiger partial charge is 0.253 e. The number of sulfonamides is 1. The maximum absolute atomic E-state index is 12.5. The van der Waals surface area contributed by atoms with Crippen LogP contribution in [0, 0.1) is 0 Å². The summed E-state index contributed by atoms with van der Waals surface area (Å²) < 4.78 is 22.6. The Morgan fingerprint density at radius 1 is 1.24 bits per heavy atom. The number of carbonyl (C=O) groups excluding carboxylic acids is 1. The highest BCUT2D eigenvalue weighted by Crippen LogP contribution is 2.31. The molecule has 1 saturated heterocycles. The molecule has 7 heteroatoms. The van der Waals surface area contributed by atoms with E-state index in [-0.39, 0.29) is 15.5 Å². The number of hydrogen-bond donors (Lipinski definition) is 1. The van der Waals surface area contributed by atoms with Gasteiger partial charge in [-0.3, -0.25) is 4.79 Å². The molecular weight excluding hydrogens is 308 g/mol. The van der Waals surface area contributed by atoms with E-state index in [1.54, 1.807) is 0 Å². The molecule has 1 aromatic rings. The van der Waals surface area contributed by atoms with Crippen molar-refractivity contribution >= 4 is 27.7 Å². The lowest BCUT2D eigenvalue weighted by Crippen LogP contribution is -2.33. The molecule has 1 amide bonds. The Kier molecular flexibility index (Phi) is 4.65. The van der Waals surface area contributed by atoms with Crippen molar-refractivity contribution < 1.29 is 13.2 Å². The topological polar surface area (TPSA) is 80.5 Å². The van der Waals surface area contributed by atoms with Gasteiger partial charge < -0.3 is 4.90 Å². The highest BCUT2D eigenvalue weighted by molar-refractivity contribution is 8.00. The van der Waals surface area contributed by atoms with Crippen LogP contribution in [-0.2, 0) is 10.0 Å². The molecule has 1 aromatic carbocycles. The van der Waals surface area contributed by atoms with Crippen molar-refractivity contribution in [3.63, 3.8) is 0 Å². The molecule has 0 spiro atoms. The Hall–Kier alpha value is -1.05. The van der Waals surface area contributed by atoms with Crippen molar-refractivity contribution in [2.24, 2.45) is 5.14 Å². The standard InChI is InChI=1S/C14H20N2O3S2/c1-14(2)7-8-16(9-10-20-14)13(17)11-3-5-12(6-4-11)21(15,18)19/h3-6H,7-10H2,1-2H3,(H2,15,18,19). The molecule has 1 aliphatic rings. The first-order valence-corrected chi connectivity index (χ1v) is 9.28. The van der Waals surface area contributed by atoms with Gasteiger partial charge in [0.05, 0.1) is 4.90 Å². The van der Waals surface area contributed by atoms with Crippen LogP contribution in [0.15, 0.2) is 29.2 Å². The van der Waals surface area contributed by atoms with Gasteiger partial charge in [-0.25, -0.2) is 13.6 Å². The van der Waals surface area contributed by atoms with Crippen molar-refractivity contribution in [2.45, 2.75) is 29.9 Å². The number of amides is 1. The van der Waals surface area contributed by atoms with Crippen LogP contribution in [0.25, 0.3) is 0 Å². The first kappa shape index (κ1) is 16.3. The van der Waals surface area contributed by atoms with E-state index in [0.717, 1.165) is 18.7 Å². The van der Waals surface area contributed by atoms with E-state index in [2.05, 4.69) is 13.8 Å². The van der Waals surface area contributed by atoms with Crippen molar-refractivity contribution in [1.82, 2.24) is 4.90 Å². The summed E-state index contributed by atoms with van der Waals surface area (Å²) in [6.07, 6.45) is 0.943. The van der Waals surface area contributed by atoms with E-state index in [4.69, 9.17) is 5.14 Å². The molecule has 1 aliphatic heterocycles. The molecule has 0 atom stereocenters. The van der Waals surface area contributed by atoms with E-state index in [1.165, 1.54) is 24.3 Å². The number of nitrogens with two attached hydrogens (primary N) is 1. The molecule has 0 bridgehead atoms. The summed E-state index contributed by atoms with van der Waals surface area (Å²) in [7, 11) is -3.72. The van der Waals surface area contributed by atoms with Gasteiger partial charge in [0.1, 0.15) is 0 Å². The zero-order valence-corrected chi connectivity index (χ0v) is 13.8. The molecule has 21 heavy (non-hydrogen) atoms. The predicted molar refractivity (Wildman–Crippen MR) is 84.9 cm³/mol. The number of rotatable bonds is 2. The van der Waals surface area contributed by atoms with Gasteiger partial charge in [-0.15, -0.1) is 0 Å². The fourth-order valence-corrected chi connectivity index (χ4v) is 3.81. The minimum atomic E-state index is -3.72. The summed E-state index contributed by atoms with van der Waals surface area (Å²) in [5.74, 6) is 0.850. The third kappa shape index (κ3) is 4.21. The summed E-state index contributed by atoms with van der Waals surface area (Å²) in [4.78, 5) is 14.3. The molecule has 0 unspecified atom stereocenters. The monoisotopic (exact) mass is 328 g/mol. The maximum Gasteiger partial charge on any atom is 0.253 e. The minimum Gasteiger partial charge on any atom is -0.338 e. The van der Waals surface area contributed by atoms with E-state index in [0.29, 0.717) is 12.1 Å². The largest absolute Gasteiger partial charge is 0.338 e. The number of nitrogens with zero attached hydrogens (tertiary/aromatic N) is 1. The first-order chi connectivity index (χ1) is 9.69. The van der Waals surface area contributed by atoms with Crippen LogP contribution < -0.4 is 5.14 Å². The lowest BCUT2D eigenvalue weighted by atomic mass is 10.1. The van der Waals surface area contributed by atoms with Gasteiger partial charge in [0.15, 0.2) is 0 Å². The quantitative estimate of drug-likeness (QED) is 0.896. The molecule has 2 rings (SSSR count). The van der Waals surface area contributed by atoms with Crippen LogP contribution >= 0.6 is 11.8 Å². The molecule has 0 aliphatic carbocycles. The number of benzene rings is 1. The van der Waals surface area contributed by atoms with Crippen LogP contribution in [-0.4, -0.2) is 42.8 Å². The van der Waals surface area contributed by atoms with E-state index in [1.807, 2.05) is 16.7 Å². The lowest BCUT2D eigenvalue weighted by Gasteiger charge is -2.22. The van der Waals surface area contributed by atoms with E-state index in [9.17, 15) is 13.2 Å². The molecule has 5 nitrogen and oxygen atoms in total. The summed E-state index contributed by atoms with van der Waals surface area (Å²) in [5.41, 5.74) is 0.493. The Morgan fingerprint density at radius 2 is 1.86 bits per heavy atom. The number of thioether (sulfide) groups is 1. The zero-order valence-electron chi connectivity index (χ0n) is 12.2. The van der Waals surface area contributed by atoms with Gasteiger partial charge in [0.2, 0.25) is 10.0 Å². The molecule has 0 saturated carbocycles. The maximum atomic E-state index is 12.5. The number of carbonyl (C=O) groups is 1. The molecule has 0 aromatic heterocycles. The summed E-state index contributed by atoms with van der Waals surface area (Å²) in [6, 6.07) is 5.79. The molecular formula is C14H20N2O3S2. The number of hydrogen-bond acceptors (Lipinski definition) is 4. The first-order valence-electron chi connectivity index (χ1n) is 6.75. The van der Waals surface area contributed by atoms with Crippen LogP contribution in [0.2, 0.25) is 0 Å². The Morgan fingerprint density at radius 3 is 2.43 bits per heavy atom. The van der Waals surface area contributed by atoms with E-state index < -0.39 is 10.0 Å². The van der Waals surface area contributed by atoms with Crippen molar-refractivity contribution in [3.8, 4) is 0 Å². The third-order valence-electron chi connectivity index (χ3n) is 3.55. The summed E-state index contributed by atoms with van der Waals surface area (Å²) in [5, 5.41) is 5.05. The van der Waals surface area contributed by atoms with Gasteiger partial charge in [-0.05, 0) is 30.7 Å². The van der Waals surface area contributed by atoms with Crippen LogP contribution in [0.3, 0.4) is 0 Å². The van der Waals surface area contributed by atoms with Crippen LogP contribution in [0.5, 0.6) is 0 Å². The fraction of sp³-hybridized carbons (Fsp3) is 0.500. The highest BCUT2D eigenvalue weighted by Gasteiger charge is 2.26. The Labute approximate surface area is 129 Å². The van der Waals surface area contributed by atoms with Gasteiger partial charge in [-0.2, -0.15) is 11.8 Å². The molecule has 1 heterocycles. The van der Waals surface area contributed by atoms with Gasteiger partial charge in [0, 0.05) is 29.2 Å². The Balaban J connectivity index is 2.13. The SMILES string of the molecule is CC1(C)CCN(C(=O)c2ccc(S(N)(=O)=O)cc2)CCS1.